The largest absolute Gasteiger partial charge is 0.497 e. The maximum atomic E-state index is 15.0. The van der Waals surface area contributed by atoms with E-state index in [0.717, 1.165) is 0 Å². The second kappa shape index (κ2) is 7.31. The van der Waals surface area contributed by atoms with Gasteiger partial charge in [-0.1, -0.05) is 34.1 Å². The Morgan fingerprint density at radius 3 is 2.28 bits per heavy atom. The van der Waals surface area contributed by atoms with Gasteiger partial charge in [0.15, 0.2) is 5.41 Å². The number of nitriles is 3. The Balaban J connectivity index is 2.01. The molecule has 160 valence electrons. The Kier molecular flexibility index (Phi) is 4.97. The van der Waals surface area contributed by atoms with Crippen LogP contribution in [0.5, 0.6) is 5.75 Å². The lowest BCUT2D eigenvalue weighted by Gasteiger charge is -2.48. The summed E-state index contributed by atoms with van der Waals surface area (Å²) in [6.45, 7) is 1.53. The first kappa shape index (κ1) is 21.8. The summed E-state index contributed by atoms with van der Waals surface area (Å²) in [6, 6.07) is 16.6. The summed E-state index contributed by atoms with van der Waals surface area (Å²) in [5.41, 5.74) is -3.88. The molecule has 2 fully saturated rings. The van der Waals surface area contributed by atoms with E-state index in [9.17, 15) is 20.2 Å². The van der Waals surface area contributed by atoms with Crippen LogP contribution in [0.1, 0.15) is 30.1 Å². The van der Waals surface area contributed by atoms with Crippen LogP contribution in [0.4, 0.5) is 4.39 Å². The molecular weight excluding hydrogens is 479 g/mol. The van der Waals surface area contributed by atoms with Crippen LogP contribution in [0.15, 0.2) is 46.9 Å². The van der Waals surface area contributed by atoms with Crippen LogP contribution >= 0.6 is 15.9 Å². The van der Waals surface area contributed by atoms with Crippen molar-refractivity contribution < 1.29 is 18.6 Å². The fourth-order valence-electron chi connectivity index (χ4n) is 4.78. The standard InChI is InChI=1S/C23H16BrFN4O3/c1-21-18(13-3-6-15(30-2)7-4-13)23(12-28,20(29)32-21)22(10-26,11-27)19(31-21)16-8-5-14(24)9-17(16)25/h3-9,18-19,29H,1-2H3. The van der Waals surface area contributed by atoms with Gasteiger partial charge < -0.3 is 14.2 Å². The number of benzene rings is 2. The van der Waals surface area contributed by atoms with Crippen LogP contribution in [-0.2, 0) is 9.47 Å². The Morgan fingerprint density at radius 1 is 1.09 bits per heavy atom. The summed E-state index contributed by atoms with van der Waals surface area (Å²) in [5.74, 6) is -3.33. The van der Waals surface area contributed by atoms with Crippen LogP contribution < -0.4 is 4.74 Å². The van der Waals surface area contributed by atoms with Crippen LogP contribution in [0.2, 0.25) is 0 Å². The fraction of sp³-hybridized carbons (Fsp3) is 0.304. The van der Waals surface area contributed by atoms with Crippen molar-refractivity contribution in [2.45, 2.75) is 24.7 Å². The Bertz CT molecular complexity index is 1230. The summed E-state index contributed by atoms with van der Waals surface area (Å²) >= 11 is 3.18. The number of nitrogens with one attached hydrogen (secondary N) is 1. The third-order valence-electron chi connectivity index (χ3n) is 6.21. The maximum absolute atomic E-state index is 15.0. The second-order valence-corrected chi connectivity index (χ2v) is 8.68. The number of nitrogens with zero attached hydrogens (tertiary/aromatic N) is 3. The molecule has 2 bridgehead atoms. The molecule has 0 saturated carbocycles. The van der Waals surface area contributed by atoms with Crippen molar-refractivity contribution in [2.24, 2.45) is 10.8 Å². The lowest BCUT2D eigenvalue weighted by Crippen LogP contribution is -2.57. The molecule has 4 unspecified atom stereocenters. The molecule has 4 atom stereocenters. The maximum Gasteiger partial charge on any atom is 0.218 e. The number of fused-ring (bicyclic) bond motifs is 2. The molecule has 2 aliphatic rings. The highest BCUT2D eigenvalue weighted by atomic mass is 79.9. The van der Waals surface area contributed by atoms with Crippen LogP contribution in [0.25, 0.3) is 0 Å². The average Bonchev–Trinajstić information content (AvgIpc) is 2.96. The normalized spacial score (nSPS) is 29.8. The molecule has 2 aromatic rings. The SMILES string of the molecule is COc1ccc(C2C3(C)OC(=N)C2(C#N)C(C#N)(C#N)C(c2ccc(Br)cc2F)O3)cc1. The zero-order valence-electron chi connectivity index (χ0n) is 17.0. The molecule has 9 heteroatoms. The summed E-state index contributed by atoms with van der Waals surface area (Å²) in [5, 5.41) is 39.5. The number of ether oxygens (including phenoxy) is 3. The van der Waals surface area contributed by atoms with E-state index in [1.165, 1.54) is 26.2 Å². The Morgan fingerprint density at radius 2 is 1.75 bits per heavy atom. The summed E-state index contributed by atoms with van der Waals surface area (Å²) < 4.78 is 32.5. The van der Waals surface area contributed by atoms with Crippen molar-refractivity contribution in [3.05, 3.63) is 63.9 Å². The third-order valence-corrected chi connectivity index (χ3v) is 6.70. The molecule has 0 aromatic heterocycles. The van der Waals surface area contributed by atoms with E-state index in [-0.39, 0.29) is 5.56 Å². The molecule has 2 heterocycles. The van der Waals surface area contributed by atoms with Gasteiger partial charge in [-0.3, -0.25) is 5.41 Å². The molecule has 0 spiro atoms. The third kappa shape index (κ3) is 2.61. The molecule has 2 saturated heterocycles. The van der Waals surface area contributed by atoms with Gasteiger partial charge in [-0.15, -0.1) is 0 Å². The predicted molar refractivity (Wildman–Crippen MR) is 113 cm³/mol. The molecule has 32 heavy (non-hydrogen) atoms. The highest BCUT2D eigenvalue weighted by Crippen LogP contribution is 2.69. The van der Waals surface area contributed by atoms with Gasteiger partial charge in [0.05, 0.1) is 31.2 Å². The van der Waals surface area contributed by atoms with E-state index >= 15 is 0 Å². The zero-order valence-corrected chi connectivity index (χ0v) is 18.6. The molecule has 2 aliphatic heterocycles. The fourth-order valence-corrected chi connectivity index (χ4v) is 5.11. The van der Waals surface area contributed by atoms with Crippen molar-refractivity contribution in [1.29, 1.82) is 21.2 Å². The van der Waals surface area contributed by atoms with Crippen molar-refractivity contribution in [3.8, 4) is 24.0 Å². The highest BCUT2D eigenvalue weighted by Gasteiger charge is 2.79. The minimum atomic E-state index is -2.27. The quantitative estimate of drug-likeness (QED) is 0.658. The van der Waals surface area contributed by atoms with Gasteiger partial charge in [0, 0.05) is 17.0 Å². The van der Waals surface area contributed by atoms with Gasteiger partial charge in [0.1, 0.15) is 17.7 Å². The van der Waals surface area contributed by atoms with E-state index < -0.39 is 40.4 Å². The highest BCUT2D eigenvalue weighted by molar-refractivity contribution is 9.10. The number of hydrogen-bond donors (Lipinski definition) is 1. The molecule has 4 rings (SSSR count). The molecule has 7 nitrogen and oxygen atoms in total. The summed E-state index contributed by atoms with van der Waals surface area (Å²) in [7, 11) is 1.51. The van der Waals surface area contributed by atoms with Gasteiger partial charge in [0.2, 0.25) is 17.1 Å². The first-order valence-corrected chi connectivity index (χ1v) is 10.3. The molecule has 2 aromatic carbocycles. The van der Waals surface area contributed by atoms with Gasteiger partial charge >= 0.3 is 0 Å². The summed E-state index contributed by atoms with van der Waals surface area (Å²) in [4.78, 5) is 0. The smallest absolute Gasteiger partial charge is 0.218 e. The number of hydrogen-bond acceptors (Lipinski definition) is 7. The molecule has 0 radical (unpaired) electrons. The van der Waals surface area contributed by atoms with E-state index in [2.05, 4.69) is 15.9 Å². The van der Waals surface area contributed by atoms with Crippen LogP contribution in [-0.4, -0.2) is 18.8 Å². The molecule has 0 aliphatic carbocycles. The Labute approximate surface area is 192 Å². The monoisotopic (exact) mass is 494 g/mol. The van der Waals surface area contributed by atoms with Crippen molar-refractivity contribution in [3.63, 3.8) is 0 Å². The Hall–Kier alpha value is -3.45. The van der Waals surface area contributed by atoms with Gasteiger partial charge in [0.25, 0.3) is 0 Å². The van der Waals surface area contributed by atoms with Crippen molar-refractivity contribution in [1.82, 2.24) is 0 Å². The van der Waals surface area contributed by atoms with Gasteiger partial charge in [-0.25, -0.2) is 4.39 Å². The second-order valence-electron chi connectivity index (χ2n) is 7.77. The van der Waals surface area contributed by atoms with E-state index in [4.69, 9.17) is 19.6 Å². The zero-order chi connectivity index (χ0) is 23.3. The van der Waals surface area contributed by atoms with Crippen LogP contribution in [0.3, 0.4) is 0 Å². The molecular formula is C23H16BrFN4O3. The van der Waals surface area contributed by atoms with Gasteiger partial charge in [-0.2, -0.15) is 15.8 Å². The molecule has 1 N–H and O–H groups in total. The minimum absolute atomic E-state index is 0.0753. The van der Waals surface area contributed by atoms with Crippen LogP contribution in [0, 0.1) is 56.0 Å². The average molecular weight is 495 g/mol. The summed E-state index contributed by atoms with van der Waals surface area (Å²) in [6.07, 6.45) is -1.48. The minimum Gasteiger partial charge on any atom is -0.497 e. The topological polar surface area (TPSA) is 123 Å². The van der Waals surface area contributed by atoms with E-state index in [1.54, 1.807) is 30.3 Å². The first-order valence-electron chi connectivity index (χ1n) is 9.51. The molecule has 0 amide bonds. The lowest BCUT2D eigenvalue weighted by atomic mass is 9.52. The van der Waals surface area contributed by atoms with Gasteiger partial charge in [-0.05, 0) is 29.8 Å². The lowest BCUT2D eigenvalue weighted by molar-refractivity contribution is -0.254. The van der Waals surface area contributed by atoms with Crippen molar-refractivity contribution in [2.75, 3.05) is 7.11 Å². The number of rotatable bonds is 3. The van der Waals surface area contributed by atoms with Crippen molar-refractivity contribution >= 4 is 21.8 Å². The van der Waals surface area contributed by atoms with E-state index in [1.807, 2.05) is 18.2 Å². The van der Waals surface area contributed by atoms with E-state index in [0.29, 0.717) is 15.8 Å². The predicted octanol–water partition coefficient (Wildman–Crippen LogP) is 4.72. The number of methoxy groups -OCH3 is 1. The first-order chi connectivity index (χ1) is 15.2. The number of halogens is 2.